The Morgan fingerprint density at radius 3 is 2.89 bits per heavy atom. The Labute approximate surface area is 113 Å². The molecule has 0 spiro atoms. The highest BCUT2D eigenvalue weighted by atomic mass is 16.5. The Hall–Kier alpha value is -2.10. The zero-order chi connectivity index (χ0) is 13.7. The van der Waals surface area contributed by atoms with Gasteiger partial charge in [0.2, 0.25) is 0 Å². The Morgan fingerprint density at radius 2 is 2.16 bits per heavy atom. The first kappa shape index (κ1) is 13.3. The first-order valence-corrected chi connectivity index (χ1v) is 6.39. The fourth-order valence-corrected chi connectivity index (χ4v) is 1.93. The second-order valence-corrected chi connectivity index (χ2v) is 4.47. The summed E-state index contributed by atoms with van der Waals surface area (Å²) in [6.45, 7) is 4.56. The summed E-state index contributed by atoms with van der Waals surface area (Å²) in [4.78, 5) is 15.0. The molecule has 0 aliphatic rings. The van der Waals surface area contributed by atoms with E-state index in [2.05, 4.69) is 36.2 Å². The van der Waals surface area contributed by atoms with Crippen molar-refractivity contribution in [3.05, 3.63) is 53.6 Å². The van der Waals surface area contributed by atoms with Crippen LogP contribution in [-0.4, -0.2) is 15.5 Å². The average molecular weight is 258 g/mol. The van der Waals surface area contributed by atoms with Crippen LogP contribution in [0.25, 0.3) is 0 Å². The predicted octanol–water partition coefficient (Wildman–Crippen LogP) is 2.56. The Morgan fingerprint density at radius 1 is 1.37 bits per heavy atom. The van der Waals surface area contributed by atoms with Gasteiger partial charge in [0, 0.05) is 13.5 Å². The standard InChI is InChI=1S/C15H18N2O2/c1-3-13-5-4-6-14(7-13)9-17-11-16-8-15(17)10-19-12(2)18/h4-8,11H,3,9-10H2,1-2H3. The first-order valence-electron chi connectivity index (χ1n) is 6.39. The van der Waals surface area contributed by atoms with Gasteiger partial charge in [0.1, 0.15) is 6.61 Å². The highest BCUT2D eigenvalue weighted by molar-refractivity contribution is 5.65. The van der Waals surface area contributed by atoms with Gasteiger partial charge in [0.05, 0.1) is 18.2 Å². The molecule has 0 saturated carbocycles. The number of carbonyl (C=O) groups excluding carboxylic acids is 1. The van der Waals surface area contributed by atoms with Gasteiger partial charge in [0.25, 0.3) is 0 Å². The maximum absolute atomic E-state index is 10.8. The summed E-state index contributed by atoms with van der Waals surface area (Å²) in [5, 5.41) is 0. The molecule has 1 heterocycles. The minimum Gasteiger partial charge on any atom is -0.459 e. The van der Waals surface area contributed by atoms with Crippen LogP contribution < -0.4 is 0 Å². The second kappa shape index (κ2) is 6.18. The normalized spacial score (nSPS) is 10.4. The number of rotatable bonds is 5. The minimum atomic E-state index is -0.277. The van der Waals surface area contributed by atoms with Crippen LogP contribution in [0.5, 0.6) is 0 Å². The van der Waals surface area contributed by atoms with Crippen molar-refractivity contribution in [3.8, 4) is 0 Å². The van der Waals surface area contributed by atoms with E-state index in [0.717, 1.165) is 18.7 Å². The average Bonchev–Trinajstić information content (AvgIpc) is 2.84. The summed E-state index contributed by atoms with van der Waals surface area (Å²) in [6.07, 6.45) is 4.52. The van der Waals surface area contributed by atoms with Crippen molar-refractivity contribution in [2.45, 2.75) is 33.4 Å². The number of benzene rings is 1. The fourth-order valence-electron chi connectivity index (χ4n) is 1.93. The van der Waals surface area contributed by atoms with E-state index in [9.17, 15) is 4.79 Å². The third-order valence-corrected chi connectivity index (χ3v) is 2.97. The SMILES string of the molecule is CCc1cccc(Cn2cncc2COC(C)=O)c1. The van der Waals surface area contributed by atoms with Crippen molar-refractivity contribution in [2.75, 3.05) is 0 Å². The van der Waals surface area contributed by atoms with Gasteiger partial charge in [-0.1, -0.05) is 31.2 Å². The molecule has 0 bridgehead atoms. The zero-order valence-corrected chi connectivity index (χ0v) is 11.3. The molecule has 0 unspecified atom stereocenters. The summed E-state index contributed by atoms with van der Waals surface area (Å²) in [7, 11) is 0. The molecule has 4 heteroatoms. The lowest BCUT2D eigenvalue weighted by atomic mass is 10.1. The lowest BCUT2D eigenvalue weighted by Crippen LogP contribution is -2.07. The third kappa shape index (κ3) is 3.68. The van der Waals surface area contributed by atoms with E-state index in [1.165, 1.54) is 18.1 Å². The number of hydrogen-bond donors (Lipinski definition) is 0. The molecule has 1 aromatic carbocycles. The smallest absolute Gasteiger partial charge is 0.303 e. The van der Waals surface area contributed by atoms with Crippen LogP contribution in [0.2, 0.25) is 0 Å². The lowest BCUT2D eigenvalue weighted by Gasteiger charge is -2.09. The molecular formula is C15H18N2O2. The number of hydrogen-bond acceptors (Lipinski definition) is 3. The van der Waals surface area contributed by atoms with Gasteiger partial charge < -0.3 is 9.30 Å². The molecule has 0 aliphatic heterocycles. The number of carbonyl (C=O) groups is 1. The molecule has 0 amide bonds. The van der Waals surface area contributed by atoms with Crippen molar-refractivity contribution in [1.82, 2.24) is 9.55 Å². The Balaban J connectivity index is 2.10. The molecule has 4 nitrogen and oxygen atoms in total. The zero-order valence-electron chi connectivity index (χ0n) is 11.3. The topological polar surface area (TPSA) is 44.1 Å². The van der Waals surface area contributed by atoms with Gasteiger partial charge in [-0.2, -0.15) is 0 Å². The van der Waals surface area contributed by atoms with Crippen molar-refractivity contribution < 1.29 is 9.53 Å². The van der Waals surface area contributed by atoms with E-state index in [4.69, 9.17) is 4.74 Å². The molecule has 100 valence electrons. The third-order valence-electron chi connectivity index (χ3n) is 2.97. The molecule has 0 atom stereocenters. The van der Waals surface area contributed by atoms with Crippen molar-refractivity contribution >= 4 is 5.97 Å². The maximum atomic E-state index is 10.8. The summed E-state index contributed by atoms with van der Waals surface area (Å²) in [6, 6.07) is 8.47. The Bertz CT molecular complexity index is 561. The van der Waals surface area contributed by atoms with Crippen molar-refractivity contribution in [1.29, 1.82) is 0 Å². The largest absolute Gasteiger partial charge is 0.459 e. The van der Waals surface area contributed by atoms with Crippen LogP contribution >= 0.6 is 0 Å². The van der Waals surface area contributed by atoms with Crippen LogP contribution in [0.4, 0.5) is 0 Å². The number of imidazole rings is 1. The minimum absolute atomic E-state index is 0.267. The van der Waals surface area contributed by atoms with Crippen LogP contribution in [0.15, 0.2) is 36.8 Å². The van der Waals surface area contributed by atoms with Crippen molar-refractivity contribution in [2.24, 2.45) is 0 Å². The van der Waals surface area contributed by atoms with Gasteiger partial charge in [-0.25, -0.2) is 4.98 Å². The van der Waals surface area contributed by atoms with E-state index in [1.54, 1.807) is 12.5 Å². The molecule has 0 saturated heterocycles. The van der Waals surface area contributed by atoms with E-state index in [1.807, 2.05) is 4.57 Å². The maximum Gasteiger partial charge on any atom is 0.303 e. The molecule has 0 N–H and O–H groups in total. The number of aryl methyl sites for hydroxylation is 1. The van der Waals surface area contributed by atoms with Gasteiger partial charge in [0.15, 0.2) is 0 Å². The molecule has 2 rings (SSSR count). The molecule has 0 fully saturated rings. The van der Waals surface area contributed by atoms with E-state index < -0.39 is 0 Å². The summed E-state index contributed by atoms with van der Waals surface area (Å²) in [5.74, 6) is -0.277. The highest BCUT2D eigenvalue weighted by Gasteiger charge is 2.05. The molecule has 0 aliphatic carbocycles. The first-order chi connectivity index (χ1) is 9.19. The van der Waals surface area contributed by atoms with Crippen LogP contribution in [0.3, 0.4) is 0 Å². The lowest BCUT2D eigenvalue weighted by molar-refractivity contribution is -0.142. The van der Waals surface area contributed by atoms with Crippen LogP contribution in [0, 0.1) is 0 Å². The Kier molecular flexibility index (Phi) is 4.34. The summed E-state index contributed by atoms with van der Waals surface area (Å²) >= 11 is 0. The van der Waals surface area contributed by atoms with Gasteiger partial charge in [-0.3, -0.25) is 4.79 Å². The molecule has 19 heavy (non-hydrogen) atoms. The molecular weight excluding hydrogens is 240 g/mol. The van der Waals surface area contributed by atoms with Crippen LogP contribution in [-0.2, 0) is 29.1 Å². The number of nitrogens with zero attached hydrogens (tertiary/aromatic N) is 2. The van der Waals surface area contributed by atoms with Crippen molar-refractivity contribution in [3.63, 3.8) is 0 Å². The fraction of sp³-hybridized carbons (Fsp3) is 0.333. The molecule has 1 aromatic heterocycles. The van der Waals surface area contributed by atoms with Gasteiger partial charge >= 0.3 is 5.97 Å². The quantitative estimate of drug-likeness (QED) is 0.774. The number of aromatic nitrogens is 2. The number of ether oxygens (including phenoxy) is 1. The second-order valence-electron chi connectivity index (χ2n) is 4.47. The number of esters is 1. The van der Waals surface area contributed by atoms with E-state index >= 15 is 0 Å². The predicted molar refractivity (Wildman–Crippen MR) is 72.6 cm³/mol. The van der Waals surface area contributed by atoms with E-state index in [0.29, 0.717) is 0 Å². The molecule has 0 radical (unpaired) electrons. The highest BCUT2D eigenvalue weighted by Crippen LogP contribution is 2.10. The summed E-state index contributed by atoms with van der Waals surface area (Å²) < 4.78 is 7.01. The van der Waals surface area contributed by atoms with E-state index in [-0.39, 0.29) is 12.6 Å². The molecule has 2 aromatic rings. The summed E-state index contributed by atoms with van der Waals surface area (Å²) in [5.41, 5.74) is 3.44. The monoisotopic (exact) mass is 258 g/mol. The van der Waals surface area contributed by atoms with Gasteiger partial charge in [-0.15, -0.1) is 0 Å². The van der Waals surface area contributed by atoms with Gasteiger partial charge in [-0.05, 0) is 17.5 Å². The van der Waals surface area contributed by atoms with Crippen LogP contribution in [0.1, 0.15) is 30.7 Å².